The maximum absolute atomic E-state index is 13.1. The van der Waals surface area contributed by atoms with E-state index in [1.807, 2.05) is 0 Å². The number of carbonyl (C=O) groups is 3. The zero-order chi connectivity index (χ0) is 25.0. The third-order valence-electron chi connectivity index (χ3n) is 5.44. The second-order valence-electron chi connectivity index (χ2n) is 7.28. The van der Waals surface area contributed by atoms with Crippen LogP contribution in [-0.4, -0.2) is 39.1 Å². The first-order chi connectivity index (χ1) is 16.3. The summed E-state index contributed by atoms with van der Waals surface area (Å²) in [5.74, 6) is -2.80. The molecule has 1 heterocycles. The molecule has 0 aliphatic carbocycles. The van der Waals surface area contributed by atoms with Crippen LogP contribution in [0.1, 0.15) is 28.8 Å². The number of nitrogens with zero attached hydrogens (tertiary/aromatic N) is 2. The lowest BCUT2D eigenvalue weighted by Crippen LogP contribution is -2.41. The van der Waals surface area contributed by atoms with Crippen molar-refractivity contribution in [2.75, 3.05) is 26.2 Å². The average Bonchev–Trinajstić information content (AvgIpc) is 2.87. The van der Waals surface area contributed by atoms with E-state index in [0.717, 1.165) is 7.11 Å². The number of anilines is 1. The summed E-state index contributed by atoms with van der Waals surface area (Å²) in [6.45, 7) is 1.40. The van der Waals surface area contributed by atoms with Crippen LogP contribution in [-0.2, 0) is 19.1 Å². The fraction of sp³-hybridized carbons (Fsp3) is 0.200. The maximum Gasteiger partial charge on any atom is 0.355 e. The Bertz CT molecular complexity index is 1260. The second kappa shape index (κ2) is 9.92. The predicted molar refractivity (Wildman–Crippen MR) is 123 cm³/mol. The van der Waals surface area contributed by atoms with Crippen molar-refractivity contribution in [2.45, 2.75) is 12.8 Å². The van der Waals surface area contributed by atoms with Gasteiger partial charge in [0.2, 0.25) is 0 Å². The lowest BCUT2D eigenvalue weighted by atomic mass is 9.81. The molecule has 0 saturated carbocycles. The number of nitriles is 1. The molecular weight excluding hydrogens is 438 g/mol. The minimum absolute atomic E-state index is 0.0250. The monoisotopic (exact) mass is 461 g/mol. The van der Waals surface area contributed by atoms with Crippen LogP contribution in [0.3, 0.4) is 0 Å². The second-order valence-corrected chi connectivity index (χ2v) is 7.28. The molecule has 0 aromatic heterocycles. The summed E-state index contributed by atoms with van der Waals surface area (Å²) in [4.78, 5) is 39.2. The van der Waals surface area contributed by atoms with Gasteiger partial charge in [0.1, 0.15) is 17.3 Å². The van der Waals surface area contributed by atoms with E-state index in [2.05, 4.69) is 6.07 Å². The number of ether oxygens (including phenoxy) is 3. The van der Waals surface area contributed by atoms with Gasteiger partial charge in [0.15, 0.2) is 5.78 Å². The molecule has 174 valence electrons. The molecule has 0 amide bonds. The van der Waals surface area contributed by atoms with Crippen molar-refractivity contribution in [1.82, 2.24) is 0 Å². The van der Waals surface area contributed by atoms with Crippen LogP contribution in [0.2, 0.25) is 0 Å². The van der Waals surface area contributed by atoms with Gasteiger partial charge in [-0.05, 0) is 30.7 Å². The Labute approximate surface area is 196 Å². The number of ketones is 1. The van der Waals surface area contributed by atoms with Gasteiger partial charge in [0, 0.05) is 5.56 Å². The van der Waals surface area contributed by atoms with Gasteiger partial charge in [0.05, 0.1) is 50.2 Å². The number of nitrogens with two attached hydrogens (primary N) is 1. The largest absolute Gasteiger partial charge is 0.495 e. The van der Waals surface area contributed by atoms with Gasteiger partial charge in [0.25, 0.3) is 0 Å². The highest BCUT2D eigenvalue weighted by molar-refractivity contribution is 6.07. The van der Waals surface area contributed by atoms with Gasteiger partial charge in [-0.3, -0.25) is 9.69 Å². The molecule has 1 unspecified atom stereocenters. The fourth-order valence-corrected chi connectivity index (χ4v) is 3.84. The van der Waals surface area contributed by atoms with E-state index in [9.17, 15) is 19.6 Å². The van der Waals surface area contributed by atoms with Crippen molar-refractivity contribution in [3.05, 3.63) is 82.3 Å². The van der Waals surface area contributed by atoms with Gasteiger partial charge in [-0.25, -0.2) is 9.59 Å². The molecule has 34 heavy (non-hydrogen) atoms. The Morgan fingerprint density at radius 2 is 1.65 bits per heavy atom. The van der Waals surface area contributed by atoms with Gasteiger partial charge in [-0.1, -0.05) is 30.3 Å². The van der Waals surface area contributed by atoms with E-state index in [1.165, 1.54) is 44.2 Å². The standard InChI is InChI=1S/C25H23N3O6/c1-14(29)16-10-11-18(19(12-16)32-2)28-22(25(31)34-4)21(24(30)33-3)20(17(13-26)23(28)27)15-8-6-5-7-9-15/h5-12,20H,27H2,1-4H3. The number of benzene rings is 2. The Morgan fingerprint density at radius 1 is 1.00 bits per heavy atom. The summed E-state index contributed by atoms with van der Waals surface area (Å²) in [5, 5.41) is 10.1. The smallest absolute Gasteiger partial charge is 0.355 e. The Kier molecular flexibility index (Phi) is 7.02. The average molecular weight is 461 g/mol. The molecule has 0 fully saturated rings. The summed E-state index contributed by atoms with van der Waals surface area (Å²) in [6.07, 6.45) is 0. The number of methoxy groups -OCH3 is 3. The topological polar surface area (TPSA) is 132 Å². The molecule has 2 aromatic rings. The van der Waals surface area contributed by atoms with Gasteiger partial charge in [-0.2, -0.15) is 5.26 Å². The van der Waals surface area contributed by atoms with Gasteiger partial charge < -0.3 is 19.9 Å². The van der Waals surface area contributed by atoms with Crippen molar-refractivity contribution in [3.8, 4) is 11.8 Å². The van der Waals surface area contributed by atoms with E-state index in [-0.39, 0.29) is 39.9 Å². The minimum Gasteiger partial charge on any atom is -0.495 e. The van der Waals surface area contributed by atoms with Crippen molar-refractivity contribution in [3.63, 3.8) is 0 Å². The summed E-state index contributed by atoms with van der Waals surface area (Å²) in [5.41, 5.74) is 7.29. The highest BCUT2D eigenvalue weighted by atomic mass is 16.5. The quantitative estimate of drug-likeness (QED) is 0.509. The molecule has 1 aliphatic rings. The van der Waals surface area contributed by atoms with E-state index < -0.39 is 17.9 Å². The fourth-order valence-electron chi connectivity index (χ4n) is 3.84. The highest BCUT2D eigenvalue weighted by Crippen LogP contribution is 2.45. The Balaban J connectivity index is 2.44. The zero-order valence-corrected chi connectivity index (χ0v) is 19.1. The Morgan fingerprint density at radius 3 is 2.18 bits per heavy atom. The van der Waals surface area contributed by atoms with Crippen LogP contribution in [0.4, 0.5) is 5.69 Å². The van der Waals surface area contributed by atoms with E-state index in [0.29, 0.717) is 11.1 Å². The third kappa shape index (κ3) is 4.09. The SMILES string of the molecule is COC(=O)C1=C(C(=O)OC)N(c2ccc(C(C)=O)cc2OC)C(N)=C(C#N)C1c1ccccc1. The lowest BCUT2D eigenvalue weighted by Gasteiger charge is -2.36. The number of rotatable bonds is 6. The van der Waals surface area contributed by atoms with Crippen LogP contribution in [0.25, 0.3) is 0 Å². The maximum atomic E-state index is 13.1. The molecule has 9 nitrogen and oxygen atoms in total. The van der Waals surface area contributed by atoms with Crippen molar-refractivity contribution < 1.29 is 28.6 Å². The molecular formula is C25H23N3O6. The summed E-state index contributed by atoms with van der Waals surface area (Å²) in [7, 11) is 3.72. The van der Waals surface area contributed by atoms with Crippen molar-refractivity contribution in [2.24, 2.45) is 5.73 Å². The van der Waals surface area contributed by atoms with Gasteiger partial charge >= 0.3 is 11.9 Å². The third-order valence-corrected chi connectivity index (χ3v) is 5.44. The van der Waals surface area contributed by atoms with Crippen LogP contribution in [0.5, 0.6) is 5.75 Å². The first kappa shape index (κ1) is 24.1. The Hall–Kier alpha value is -4.58. The van der Waals surface area contributed by atoms with Gasteiger partial charge in [-0.15, -0.1) is 0 Å². The number of allylic oxidation sites excluding steroid dienone is 1. The number of hydrogen-bond acceptors (Lipinski definition) is 9. The van der Waals surface area contributed by atoms with Crippen LogP contribution >= 0.6 is 0 Å². The van der Waals surface area contributed by atoms with E-state index in [1.54, 1.807) is 30.3 Å². The summed E-state index contributed by atoms with van der Waals surface area (Å²) in [6, 6.07) is 15.3. The predicted octanol–water partition coefficient (Wildman–Crippen LogP) is 2.80. The molecule has 2 N–H and O–H groups in total. The van der Waals surface area contributed by atoms with Crippen LogP contribution < -0.4 is 15.4 Å². The zero-order valence-electron chi connectivity index (χ0n) is 19.1. The molecule has 1 atom stereocenters. The molecule has 0 saturated heterocycles. The molecule has 1 aliphatic heterocycles. The number of hydrogen-bond donors (Lipinski definition) is 1. The van der Waals surface area contributed by atoms with E-state index >= 15 is 0 Å². The normalized spacial score (nSPS) is 15.5. The number of carbonyl (C=O) groups excluding carboxylic acids is 3. The molecule has 0 bridgehead atoms. The first-order valence-corrected chi connectivity index (χ1v) is 10.1. The van der Waals surface area contributed by atoms with Crippen LogP contribution in [0, 0.1) is 11.3 Å². The molecule has 3 rings (SSSR count). The molecule has 0 radical (unpaired) electrons. The van der Waals surface area contributed by atoms with Crippen molar-refractivity contribution in [1.29, 1.82) is 5.26 Å². The molecule has 9 heteroatoms. The summed E-state index contributed by atoms with van der Waals surface area (Å²) >= 11 is 0. The van der Waals surface area contributed by atoms with Crippen molar-refractivity contribution >= 4 is 23.4 Å². The van der Waals surface area contributed by atoms with E-state index in [4.69, 9.17) is 19.9 Å². The molecule has 2 aromatic carbocycles. The number of esters is 2. The number of Topliss-reactive ketones (excluding diaryl/α,β-unsaturated/α-hetero) is 1. The molecule has 0 spiro atoms. The minimum atomic E-state index is -0.980. The highest BCUT2D eigenvalue weighted by Gasteiger charge is 2.43. The summed E-state index contributed by atoms with van der Waals surface area (Å²) < 4.78 is 15.5. The lowest BCUT2D eigenvalue weighted by molar-refractivity contribution is -0.139. The van der Waals surface area contributed by atoms with Crippen LogP contribution in [0.15, 0.2) is 71.2 Å². The first-order valence-electron chi connectivity index (χ1n) is 10.1.